The zero-order chi connectivity index (χ0) is 27.6. The molecule has 212 valence electrons. The van der Waals surface area contributed by atoms with Crippen LogP contribution in [0.25, 0.3) is 0 Å². The number of amides is 1. The van der Waals surface area contributed by atoms with E-state index in [1.807, 2.05) is 43.4 Å². The van der Waals surface area contributed by atoms with Crippen LogP contribution >= 0.6 is 0 Å². The molecule has 3 N–H and O–H groups in total. The minimum absolute atomic E-state index is 0.0731. The molecule has 0 radical (unpaired) electrons. The lowest BCUT2D eigenvalue weighted by Crippen LogP contribution is -2.22. The van der Waals surface area contributed by atoms with Gasteiger partial charge in [0.05, 0.1) is 12.2 Å². The first-order valence-electron chi connectivity index (χ1n) is 14.6. The minimum atomic E-state index is -0.628. The molecule has 6 nitrogen and oxygen atoms in total. The highest BCUT2D eigenvalue weighted by atomic mass is 16.5. The maximum atomic E-state index is 12.5. The van der Waals surface area contributed by atoms with Gasteiger partial charge in [0.1, 0.15) is 6.10 Å². The number of aryl methyl sites for hydroxylation is 1. The highest BCUT2D eigenvalue weighted by molar-refractivity contribution is 5.75. The molecule has 0 aromatic heterocycles. The van der Waals surface area contributed by atoms with Crippen molar-refractivity contribution in [3.63, 3.8) is 0 Å². The van der Waals surface area contributed by atoms with Crippen molar-refractivity contribution < 1.29 is 24.5 Å². The normalized spacial score (nSPS) is 22.2. The first-order chi connectivity index (χ1) is 18.4. The van der Waals surface area contributed by atoms with Gasteiger partial charge in [0.2, 0.25) is 5.91 Å². The lowest BCUT2D eigenvalue weighted by molar-refractivity contribution is -0.147. The maximum Gasteiger partial charge on any atom is 0.306 e. The van der Waals surface area contributed by atoms with E-state index in [-0.39, 0.29) is 29.8 Å². The first kappa shape index (κ1) is 31.8. The van der Waals surface area contributed by atoms with Gasteiger partial charge in [0.25, 0.3) is 0 Å². The molecular weight excluding hydrogens is 478 g/mol. The summed E-state index contributed by atoms with van der Waals surface area (Å²) in [6.07, 6.45) is 15.5. The number of carbonyl (C=O) groups is 2. The highest BCUT2D eigenvalue weighted by Gasteiger charge is 2.39. The van der Waals surface area contributed by atoms with Crippen LogP contribution < -0.4 is 5.32 Å². The Kier molecular flexibility index (Phi) is 15.7. The zero-order valence-corrected chi connectivity index (χ0v) is 23.4. The predicted octanol–water partition coefficient (Wildman–Crippen LogP) is 5.67. The van der Waals surface area contributed by atoms with Crippen molar-refractivity contribution in [2.75, 3.05) is 6.54 Å². The van der Waals surface area contributed by atoms with Gasteiger partial charge in [0.15, 0.2) is 0 Å². The van der Waals surface area contributed by atoms with E-state index in [0.717, 1.165) is 44.9 Å². The second-order valence-electron chi connectivity index (χ2n) is 10.4. The molecule has 2 rings (SSSR count). The third kappa shape index (κ3) is 12.4. The van der Waals surface area contributed by atoms with Gasteiger partial charge in [0, 0.05) is 31.7 Å². The summed E-state index contributed by atoms with van der Waals surface area (Å²) in [5.41, 5.74) is 1.19. The van der Waals surface area contributed by atoms with Crippen molar-refractivity contribution in [2.24, 2.45) is 11.8 Å². The summed E-state index contributed by atoms with van der Waals surface area (Å²) >= 11 is 0. The van der Waals surface area contributed by atoms with E-state index >= 15 is 0 Å². The van der Waals surface area contributed by atoms with E-state index in [1.54, 1.807) is 0 Å². The van der Waals surface area contributed by atoms with E-state index < -0.39 is 12.2 Å². The van der Waals surface area contributed by atoms with E-state index in [9.17, 15) is 19.8 Å². The summed E-state index contributed by atoms with van der Waals surface area (Å²) in [6.45, 7) is 4.71. The topological polar surface area (TPSA) is 95.9 Å². The molecular formula is C32H49NO5. The monoisotopic (exact) mass is 527 g/mol. The molecule has 0 spiro atoms. The van der Waals surface area contributed by atoms with Crippen LogP contribution in [-0.4, -0.2) is 46.9 Å². The Morgan fingerprint density at radius 1 is 1.03 bits per heavy atom. The molecule has 1 aliphatic rings. The van der Waals surface area contributed by atoms with Crippen LogP contribution in [0.1, 0.15) is 90.0 Å². The molecule has 1 aliphatic carbocycles. The van der Waals surface area contributed by atoms with Crippen molar-refractivity contribution in [1.82, 2.24) is 5.32 Å². The number of ether oxygens (including phenoxy) is 1. The number of aliphatic hydroxyl groups is 2. The van der Waals surface area contributed by atoms with Crippen molar-refractivity contribution in [3.05, 3.63) is 60.2 Å². The molecule has 0 bridgehead atoms. The number of carbonyl (C=O) groups excluding carboxylic acids is 2. The van der Waals surface area contributed by atoms with Crippen molar-refractivity contribution in [3.8, 4) is 0 Å². The van der Waals surface area contributed by atoms with Crippen molar-refractivity contribution in [1.29, 1.82) is 0 Å². The van der Waals surface area contributed by atoms with E-state index in [4.69, 9.17) is 4.74 Å². The van der Waals surface area contributed by atoms with Crippen molar-refractivity contribution >= 4 is 11.9 Å². The lowest BCUT2D eigenvalue weighted by atomic mass is 9.89. The van der Waals surface area contributed by atoms with Gasteiger partial charge in [-0.15, -0.1) is 0 Å². The number of allylic oxidation sites excluding steroid dienone is 2. The molecule has 1 saturated carbocycles. The van der Waals surface area contributed by atoms with Gasteiger partial charge in [-0.2, -0.15) is 0 Å². The Balaban J connectivity index is 1.96. The van der Waals surface area contributed by atoms with Crippen molar-refractivity contribution in [2.45, 2.75) is 109 Å². The van der Waals surface area contributed by atoms with Gasteiger partial charge < -0.3 is 20.3 Å². The number of esters is 1. The molecule has 38 heavy (non-hydrogen) atoms. The standard InChI is InChI=1S/C32H49NO5/c1-3-5-6-14-19-32(37)38-26(21-20-25-15-10-9-11-16-25)22-23-28-27(29(34)24-30(28)35)17-12-7-8-13-18-31(36)33-4-2/h7,9-12,15-16,22-23,26-30,34-35H,3-6,8,13-14,17-21,24H2,1-2H3,(H,33,36)/b12-7-,23-22+/t26-,27+,28+,29-,30+/m0/s1. The fraction of sp³-hybridized carbons (Fsp3) is 0.625. The summed E-state index contributed by atoms with van der Waals surface area (Å²) in [5, 5.41) is 24.1. The number of unbranched alkanes of at least 4 members (excludes halogenated alkanes) is 4. The summed E-state index contributed by atoms with van der Waals surface area (Å²) in [5.74, 6) is -0.403. The molecule has 1 aromatic rings. The largest absolute Gasteiger partial charge is 0.458 e. The number of aliphatic hydroxyl groups excluding tert-OH is 2. The number of hydrogen-bond donors (Lipinski definition) is 3. The second kappa shape index (κ2) is 18.8. The fourth-order valence-electron chi connectivity index (χ4n) is 5.07. The van der Waals surface area contributed by atoms with Crippen LogP contribution in [0, 0.1) is 11.8 Å². The highest BCUT2D eigenvalue weighted by Crippen LogP contribution is 2.36. The number of hydrogen-bond acceptors (Lipinski definition) is 5. The van der Waals surface area contributed by atoms with Crippen LogP contribution in [0.2, 0.25) is 0 Å². The van der Waals surface area contributed by atoms with Gasteiger partial charge in [-0.05, 0) is 63.0 Å². The predicted molar refractivity (Wildman–Crippen MR) is 152 cm³/mol. The van der Waals surface area contributed by atoms with E-state index in [0.29, 0.717) is 38.6 Å². The average Bonchev–Trinajstić information content (AvgIpc) is 3.17. The molecule has 1 aromatic carbocycles. The Morgan fingerprint density at radius 3 is 2.55 bits per heavy atom. The Labute approximate surface area is 229 Å². The molecule has 0 heterocycles. The lowest BCUT2D eigenvalue weighted by Gasteiger charge is -2.21. The summed E-state index contributed by atoms with van der Waals surface area (Å²) in [4.78, 5) is 24.1. The van der Waals surface area contributed by atoms with Crippen LogP contribution in [0.4, 0.5) is 0 Å². The maximum absolute atomic E-state index is 12.5. The summed E-state index contributed by atoms with van der Waals surface area (Å²) < 4.78 is 5.86. The summed E-state index contributed by atoms with van der Waals surface area (Å²) in [7, 11) is 0. The molecule has 0 unspecified atom stereocenters. The smallest absolute Gasteiger partial charge is 0.306 e. The fourth-order valence-corrected chi connectivity index (χ4v) is 5.07. The Bertz CT molecular complexity index is 853. The zero-order valence-electron chi connectivity index (χ0n) is 23.4. The minimum Gasteiger partial charge on any atom is -0.458 e. The summed E-state index contributed by atoms with van der Waals surface area (Å²) in [6, 6.07) is 10.1. The van der Waals surface area contributed by atoms with Gasteiger partial charge >= 0.3 is 5.97 Å². The Hall–Kier alpha value is -2.44. The molecule has 1 amide bonds. The number of benzene rings is 1. The van der Waals surface area contributed by atoms with Gasteiger partial charge in [-0.25, -0.2) is 0 Å². The molecule has 0 saturated heterocycles. The third-order valence-electron chi connectivity index (χ3n) is 7.26. The quantitative estimate of drug-likeness (QED) is 0.130. The third-order valence-corrected chi connectivity index (χ3v) is 7.26. The van der Waals surface area contributed by atoms with Gasteiger partial charge in [-0.3, -0.25) is 9.59 Å². The molecule has 6 heteroatoms. The van der Waals surface area contributed by atoms with Crippen LogP contribution in [0.15, 0.2) is 54.6 Å². The van der Waals surface area contributed by atoms with Crippen LogP contribution in [-0.2, 0) is 20.7 Å². The molecule has 5 atom stereocenters. The van der Waals surface area contributed by atoms with Crippen LogP contribution in [0.3, 0.4) is 0 Å². The van der Waals surface area contributed by atoms with Crippen LogP contribution in [0.5, 0.6) is 0 Å². The van der Waals surface area contributed by atoms with E-state index in [1.165, 1.54) is 5.56 Å². The van der Waals surface area contributed by atoms with E-state index in [2.05, 4.69) is 30.4 Å². The number of nitrogens with one attached hydrogen (secondary N) is 1. The molecule has 0 aliphatic heterocycles. The molecule has 1 fully saturated rings. The average molecular weight is 528 g/mol. The first-order valence-corrected chi connectivity index (χ1v) is 14.6. The van der Waals surface area contributed by atoms with Gasteiger partial charge in [-0.1, -0.05) is 74.7 Å². The SMILES string of the molecule is CCCCCCC(=O)O[C@H](/C=C/[C@@H]1[C@@H](C/C=C\CCCC(=O)NCC)[C@@H](O)C[C@H]1O)CCc1ccccc1. The second-order valence-corrected chi connectivity index (χ2v) is 10.4. The number of rotatable bonds is 18. The Morgan fingerprint density at radius 2 is 1.82 bits per heavy atom.